The maximum Gasteiger partial charge on any atom is 0.331 e. The Bertz CT molecular complexity index is 340. The van der Waals surface area contributed by atoms with Gasteiger partial charge >= 0.3 is 5.97 Å². The number of hydrogen-bond acceptors (Lipinski definition) is 4. The van der Waals surface area contributed by atoms with E-state index in [0.717, 1.165) is 0 Å². The van der Waals surface area contributed by atoms with E-state index in [2.05, 4.69) is 0 Å². The van der Waals surface area contributed by atoms with Gasteiger partial charge in [0.15, 0.2) is 5.54 Å². The van der Waals surface area contributed by atoms with Gasteiger partial charge in [-0.25, -0.2) is 4.79 Å². The number of hydrogen-bond donors (Lipinski definition) is 2. The Kier molecular flexibility index (Phi) is 1.66. The molecular weight excluding hydrogens is 188 g/mol. The highest BCUT2D eigenvalue weighted by molar-refractivity contribution is 5.81. The second kappa shape index (κ2) is 2.54. The minimum atomic E-state index is -1.72. The van der Waals surface area contributed by atoms with Gasteiger partial charge in [-0.2, -0.15) is 0 Å². The van der Waals surface area contributed by atoms with E-state index in [9.17, 15) is 14.9 Å². The molecule has 0 heterocycles. The van der Waals surface area contributed by atoms with Crippen molar-refractivity contribution in [1.82, 2.24) is 0 Å². The lowest BCUT2D eigenvalue weighted by molar-refractivity contribution is -0.534. The SMILES string of the molecule is N[C@]1(C(=O)O)[C@@H]([N+](=O)[O-])[C@@H]2C=C[C@H]1C2. The summed E-state index contributed by atoms with van der Waals surface area (Å²) in [6.45, 7) is 0. The van der Waals surface area contributed by atoms with Gasteiger partial charge in [0.05, 0.1) is 0 Å². The molecule has 4 atom stereocenters. The molecule has 14 heavy (non-hydrogen) atoms. The number of rotatable bonds is 2. The monoisotopic (exact) mass is 198 g/mol. The summed E-state index contributed by atoms with van der Waals surface area (Å²) in [5, 5.41) is 19.7. The Labute approximate surface area is 79.5 Å². The van der Waals surface area contributed by atoms with Crippen LogP contribution in [0.15, 0.2) is 12.2 Å². The van der Waals surface area contributed by atoms with Crippen molar-refractivity contribution in [3.05, 3.63) is 22.3 Å². The first-order valence-electron chi connectivity index (χ1n) is 4.32. The van der Waals surface area contributed by atoms with Crippen LogP contribution in [0, 0.1) is 22.0 Å². The number of fused-ring (bicyclic) bond motifs is 2. The highest BCUT2D eigenvalue weighted by Gasteiger charge is 2.65. The van der Waals surface area contributed by atoms with Gasteiger partial charge in [0.2, 0.25) is 6.04 Å². The average Bonchev–Trinajstić information content (AvgIpc) is 2.61. The van der Waals surface area contributed by atoms with E-state index >= 15 is 0 Å². The van der Waals surface area contributed by atoms with Crippen molar-refractivity contribution in [1.29, 1.82) is 0 Å². The van der Waals surface area contributed by atoms with E-state index in [-0.39, 0.29) is 5.92 Å². The second-order valence-electron chi connectivity index (χ2n) is 3.86. The molecule has 0 spiro atoms. The summed E-state index contributed by atoms with van der Waals surface area (Å²) < 4.78 is 0. The van der Waals surface area contributed by atoms with Crippen LogP contribution in [0.25, 0.3) is 0 Å². The molecule has 76 valence electrons. The van der Waals surface area contributed by atoms with Gasteiger partial charge in [-0.3, -0.25) is 10.1 Å². The molecule has 0 aromatic carbocycles. The predicted molar refractivity (Wildman–Crippen MR) is 46.1 cm³/mol. The standard InChI is InChI=1S/C8H10N2O4/c9-8(7(11)12)5-2-1-4(3-5)6(8)10(13)14/h1-2,4-6H,3,9H2,(H,11,12)/t4-,5+,6+,8+/m1/s1. The lowest BCUT2D eigenvalue weighted by atomic mass is 9.82. The molecule has 1 fully saturated rings. The zero-order chi connectivity index (χ0) is 10.5. The number of carbonyl (C=O) groups is 1. The molecule has 0 aliphatic heterocycles. The molecule has 2 aliphatic carbocycles. The van der Waals surface area contributed by atoms with Crippen LogP contribution in [0.1, 0.15) is 6.42 Å². The molecule has 6 nitrogen and oxygen atoms in total. The van der Waals surface area contributed by atoms with Crippen molar-refractivity contribution >= 4 is 5.97 Å². The Morgan fingerprint density at radius 2 is 2.29 bits per heavy atom. The summed E-state index contributed by atoms with van der Waals surface area (Å²) >= 11 is 0. The van der Waals surface area contributed by atoms with Gasteiger partial charge in [-0.15, -0.1) is 0 Å². The van der Waals surface area contributed by atoms with Crippen molar-refractivity contribution in [2.45, 2.75) is 18.0 Å². The van der Waals surface area contributed by atoms with Crippen LogP contribution in [0.3, 0.4) is 0 Å². The van der Waals surface area contributed by atoms with Crippen molar-refractivity contribution in [2.75, 3.05) is 0 Å². The molecule has 0 amide bonds. The smallest absolute Gasteiger partial charge is 0.331 e. The van der Waals surface area contributed by atoms with Crippen LogP contribution in [0.2, 0.25) is 0 Å². The quantitative estimate of drug-likeness (QED) is 0.357. The maximum absolute atomic E-state index is 11.0. The molecule has 0 radical (unpaired) electrons. The number of nitrogens with zero attached hydrogens (tertiary/aromatic N) is 1. The van der Waals surface area contributed by atoms with Crippen LogP contribution in [0.5, 0.6) is 0 Å². The summed E-state index contributed by atoms with van der Waals surface area (Å²) in [6, 6.07) is -1.19. The molecule has 2 rings (SSSR count). The number of nitrogens with two attached hydrogens (primary N) is 1. The summed E-state index contributed by atoms with van der Waals surface area (Å²) in [7, 11) is 0. The maximum atomic E-state index is 11.0. The van der Waals surface area contributed by atoms with E-state index in [1.807, 2.05) is 0 Å². The van der Waals surface area contributed by atoms with Crippen molar-refractivity contribution in [3.8, 4) is 0 Å². The molecule has 0 saturated heterocycles. The molecule has 1 saturated carbocycles. The number of carboxylic acids is 1. The first kappa shape index (κ1) is 9.14. The lowest BCUT2D eigenvalue weighted by Gasteiger charge is -2.28. The van der Waals surface area contributed by atoms with Gasteiger partial charge < -0.3 is 10.8 Å². The van der Waals surface area contributed by atoms with E-state index in [0.29, 0.717) is 6.42 Å². The molecule has 0 aromatic heterocycles. The third kappa shape index (κ3) is 0.859. The third-order valence-electron chi connectivity index (χ3n) is 3.22. The number of aliphatic carboxylic acids is 1. The van der Waals surface area contributed by atoms with Gasteiger partial charge in [0.25, 0.3) is 0 Å². The molecule has 0 aromatic rings. The van der Waals surface area contributed by atoms with Crippen molar-refractivity contribution < 1.29 is 14.8 Å². The first-order valence-corrected chi connectivity index (χ1v) is 4.32. The highest BCUT2D eigenvalue weighted by atomic mass is 16.6. The van der Waals surface area contributed by atoms with Crippen LogP contribution >= 0.6 is 0 Å². The highest BCUT2D eigenvalue weighted by Crippen LogP contribution is 2.46. The van der Waals surface area contributed by atoms with Crippen molar-refractivity contribution in [3.63, 3.8) is 0 Å². The van der Waals surface area contributed by atoms with Gasteiger partial charge in [0, 0.05) is 16.8 Å². The minimum Gasteiger partial charge on any atom is -0.480 e. The zero-order valence-corrected chi connectivity index (χ0v) is 7.29. The minimum absolute atomic E-state index is 0.323. The summed E-state index contributed by atoms with van der Waals surface area (Å²) in [5.74, 6) is -2.01. The van der Waals surface area contributed by atoms with Gasteiger partial charge in [-0.05, 0) is 6.42 Å². The first-order chi connectivity index (χ1) is 6.48. The van der Waals surface area contributed by atoms with Crippen LogP contribution < -0.4 is 5.73 Å². The molecule has 0 unspecified atom stereocenters. The molecule has 2 aliphatic rings. The zero-order valence-electron chi connectivity index (χ0n) is 7.29. The Balaban J connectivity index is 2.45. The fraction of sp³-hybridized carbons (Fsp3) is 0.625. The van der Waals surface area contributed by atoms with Gasteiger partial charge in [-0.1, -0.05) is 12.2 Å². The Morgan fingerprint density at radius 3 is 2.71 bits per heavy atom. The largest absolute Gasteiger partial charge is 0.480 e. The normalized spacial score (nSPS) is 44.2. The topological polar surface area (TPSA) is 106 Å². The van der Waals surface area contributed by atoms with E-state index < -0.39 is 28.4 Å². The third-order valence-corrected chi connectivity index (χ3v) is 3.22. The summed E-state index contributed by atoms with van der Waals surface area (Å²) in [5.41, 5.74) is 3.92. The molecule has 2 bridgehead atoms. The lowest BCUT2D eigenvalue weighted by Crippen LogP contribution is -2.62. The van der Waals surface area contributed by atoms with Crippen LogP contribution in [0.4, 0.5) is 0 Å². The molecular formula is C8H10N2O4. The molecule has 6 heteroatoms. The van der Waals surface area contributed by atoms with E-state index in [1.165, 1.54) is 0 Å². The van der Waals surface area contributed by atoms with Gasteiger partial charge in [0.1, 0.15) is 0 Å². The fourth-order valence-electron chi connectivity index (χ4n) is 2.51. The fourth-order valence-corrected chi connectivity index (χ4v) is 2.51. The van der Waals surface area contributed by atoms with E-state index in [1.54, 1.807) is 12.2 Å². The number of carboxylic acid groups (broad SMARTS) is 1. The second-order valence-corrected chi connectivity index (χ2v) is 3.86. The Hall–Kier alpha value is -1.43. The average molecular weight is 198 g/mol. The van der Waals surface area contributed by atoms with E-state index in [4.69, 9.17) is 10.8 Å². The molecule has 3 N–H and O–H groups in total. The number of nitro groups is 1. The van der Waals surface area contributed by atoms with Crippen LogP contribution in [-0.4, -0.2) is 27.6 Å². The summed E-state index contributed by atoms with van der Waals surface area (Å²) in [6.07, 6.45) is 3.86. The van der Waals surface area contributed by atoms with Crippen molar-refractivity contribution in [2.24, 2.45) is 17.6 Å². The van der Waals surface area contributed by atoms with Crippen LogP contribution in [-0.2, 0) is 4.79 Å². The Morgan fingerprint density at radius 1 is 1.64 bits per heavy atom. The summed E-state index contributed by atoms with van der Waals surface area (Å²) in [4.78, 5) is 21.1. The predicted octanol–water partition coefficient (Wildman–Crippen LogP) is -0.380.